The fourth-order valence-corrected chi connectivity index (χ4v) is 4.20. The minimum Gasteiger partial charge on any atom is -0.493 e. The number of benzene rings is 1. The van der Waals surface area contributed by atoms with Crippen molar-refractivity contribution in [2.45, 2.75) is 25.0 Å². The van der Waals surface area contributed by atoms with Crippen LogP contribution in [-0.2, 0) is 0 Å². The molecule has 6 heteroatoms. The third kappa shape index (κ3) is 3.17. The molecule has 4 atom stereocenters. The monoisotopic (exact) mass is 356 g/mol. The predicted octanol–water partition coefficient (Wildman–Crippen LogP) is 2.31. The Labute approximate surface area is 152 Å². The summed E-state index contributed by atoms with van der Waals surface area (Å²) in [5.74, 6) is 2.01. The highest BCUT2D eigenvalue weighted by Gasteiger charge is 2.44. The van der Waals surface area contributed by atoms with E-state index in [0.29, 0.717) is 48.5 Å². The maximum atomic E-state index is 12.6. The lowest BCUT2D eigenvalue weighted by molar-refractivity contribution is -0.0240. The van der Waals surface area contributed by atoms with Gasteiger partial charge in [-0.15, -0.1) is 0 Å². The number of carbonyl (C=O) groups excluding carboxylic acids is 1. The second-order valence-electron chi connectivity index (χ2n) is 7.16. The number of hydrogen-bond donors (Lipinski definition) is 2. The molecule has 1 saturated heterocycles. The van der Waals surface area contributed by atoms with E-state index in [0.717, 1.165) is 6.42 Å². The molecule has 0 radical (unpaired) electrons. The first-order valence-corrected chi connectivity index (χ1v) is 9.06. The summed E-state index contributed by atoms with van der Waals surface area (Å²) in [5, 5.41) is 10.6. The summed E-state index contributed by atoms with van der Waals surface area (Å²) >= 11 is 0. The third-order valence-corrected chi connectivity index (χ3v) is 5.55. The van der Waals surface area contributed by atoms with Crippen molar-refractivity contribution in [1.82, 2.24) is 9.88 Å². The van der Waals surface area contributed by atoms with Gasteiger partial charge in [0, 0.05) is 19.3 Å². The van der Waals surface area contributed by atoms with Crippen molar-refractivity contribution in [3.63, 3.8) is 0 Å². The summed E-state index contributed by atoms with van der Waals surface area (Å²) in [6.07, 6.45) is 2.32. The largest absolute Gasteiger partial charge is 0.493 e. The van der Waals surface area contributed by atoms with Crippen molar-refractivity contribution < 1.29 is 19.4 Å². The predicted molar refractivity (Wildman–Crippen MR) is 96.3 cm³/mol. The number of H-pyrrole nitrogens is 1. The molecule has 138 valence electrons. The number of aromatic nitrogens is 1. The highest BCUT2D eigenvalue weighted by molar-refractivity contribution is 5.92. The molecular formula is C20H24N2O4. The van der Waals surface area contributed by atoms with Crippen molar-refractivity contribution in [2.24, 2.45) is 11.8 Å². The van der Waals surface area contributed by atoms with Crippen molar-refractivity contribution in [1.29, 1.82) is 0 Å². The maximum Gasteiger partial charge on any atom is 0.270 e. The lowest BCUT2D eigenvalue weighted by Gasteiger charge is -2.35. The quantitative estimate of drug-likeness (QED) is 0.882. The summed E-state index contributed by atoms with van der Waals surface area (Å²) < 4.78 is 11.4. The molecule has 2 aliphatic rings. The van der Waals surface area contributed by atoms with Gasteiger partial charge in [0.15, 0.2) is 11.5 Å². The molecule has 2 fully saturated rings. The zero-order chi connectivity index (χ0) is 18.1. The zero-order valence-electron chi connectivity index (χ0n) is 14.8. The number of aliphatic hydroxyl groups excluding tert-OH is 1. The smallest absolute Gasteiger partial charge is 0.270 e. The average molecular weight is 356 g/mol. The van der Waals surface area contributed by atoms with E-state index in [-0.39, 0.29) is 12.0 Å². The second-order valence-corrected chi connectivity index (χ2v) is 7.16. The van der Waals surface area contributed by atoms with E-state index in [1.807, 2.05) is 35.2 Å². The van der Waals surface area contributed by atoms with Gasteiger partial charge in [-0.3, -0.25) is 4.79 Å². The molecule has 1 aliphatic heterocycles. The Kier molecular flexibility index (Phi) is 4.59. The number of para-hydroxylation sites is 2. The van der Waals surface area contributed by atoms with Crippen LogP contribution in [0.4, 0.5) is 0 Å². The van der Waals surface area contributed by atoms with Crippen LogP contribution in [0.2, 0.25) is 0 Å². The van der Waals surface area contributed by atoms with Crippen molar-refractivity contribution in [3.8, 4) is 11.5 Å². The molecule has 2 aromatic rings. The molecule has 1 amide bonds. The van der Waals surface area contributed by atoms with E-state index in [2.05, 4.69) is 4.98 Å². The van der Waals surface area contributed by atoms with Gasteiger partial charge < -0.3 is 24.5 Å². The van der Waals surface area contributed by atoms with Crippen LogP contribution in [0.25, 0.3) is 0 Å². The number of methoxy groups -OCH3 is 1. The van der Waals surface area contributed by atoms with Gasteiger partial charge in [0.25, 0.3) is 5.91 Å². The van der Waals surface area contributed by atoms with Crippen LogP contribution in [0.15, 0.2) is 42.6 Å². The third-order valence-electron chi connectivity index (χ3n) is 5.55. The molecule has 0 unspecified atom stereocenters. The summed E-state index contributed by atoms with van der Waals surface area (Å²) in [6.45, 7) is 1.40. The van der Waals surface area contributed by atoms with Crippen LogP contribution in [0.5, 0.6) is 11.5 Å². The van der Waals surface area contributed by atoms with Crippen LogP contribution >= 0.6 is 0 Å². The molecule has 4 rings (SSSR count). The van der Waals surface area contributed by atoms with E-state index >= 15 is 0 Å². The molecule has 2 heterocycles. The number of fused-ring (bicyclic) bond motifs is 1. The summed E-state index contributed by atoms with van der Waals surface area (Å²) in [7, 11) is 1.61. The molecule has 0 spiro atoms. The summed E-state index contributed by atoms with van der Waals surface area (Å²) in [4.78, 5) is 17.4. The van der Waals surface area contributed by atoms with Gasteiger partial charge >= 0.3 is 0 Å². The number of carbonyl (C=O) groups is 1. The second kappa shape index (κ2) is 7.03. The normalized spacial score (nSPS) is 27.8. The van der Waals surface area contributed by atoms with E-state index in [1.54, 1.807) is 19.4 Å². The average Bonchev–Trinajstić information content (AvgIpc) is 3.31. The number of hydrogen-bond acceptors (Lipinski definition) is 4. The number of amides is 1. The van der Waals surface area contributed by atoms with Gasteiger partial charge in [0.2, 0.25) is 0 Å². The van der Waals surface area contributed by atoms with Gasteiger partial charge in [-0.05, 0) is 48.9 Å². The van der Waals surface area contributed by atoms with Crippen LogP contribution in [0, 0.1) is 11.8 Å². The van der Waals surface area contributed by atoms with Crippen molar-refractivity contribution in [2.75, 3.05) is 20.2 Å². The standard InChI is InChI=1S/C20H24N2O4/c1-25-17-6-2-3-7-18(17)26-19-10-14-12-22(11-13(14)9-16(19)23)20(24)15-5-4-8-21-15/h2-8,13-14,16,19,21,23H,9-12H2,1H3/t13-,14+,16+,19+/m0/s1. The maximum absolute atomic E-state index is 12.6. The van der Waals surface area contributed by atoms with E-state index in [4.69, 9.17) is 9.47 Å². The number of ether oxygens (including phenoxy) is 2. The Morgan fingerprint density at radius 2 is 1.85 bits per heavy atom. The molecule has 2 N–H and O–H groups in total. The number of nitrogens with zero attached hydrogens (tertiary/aromatic N) is 1. The van der Waals surface area contributed by atoms with Gasteiger partial charge in [0.1, 0.15) is 11.8 Å². The Hall–Kier alpha value is -2.47. The number of aliphatic hydroxyl groups is 1. The van der Waals surface area contributed by atoms with Crippen LogP contribution < -0.4 is 9.47 Å². The number of rotatable bonds is 4. The van der Waals surface area contributed by atoms with Gasteiger partial charge in [-0.25, -0.2) is 0 Å². The Morgan fingerprint density at radius 3 is 2.54 bits per heavy atom. The molecule has 1 aromatic carbocycles. The molecule has 1 saturated carbocycles. The topological polar surface area (TPSA) is 74.8 Å². The van der Waals surface area contributed by atoms with E-state index in [1.165, 1.54) is 0 Å². The molecule has 26 heavy (non-hydrogen) atoms. The minimum atomic E-state index is -0.540. The fraction of sp³-hybridized carbons (Fsp3) is 0.450. The number of likely N-dealkylation sites (tertiary alicyclic amines) is 1. The highest BCUT2D eigenvalue weighted by Crippen LogP contribution is 2.39. The molecule has 1 aromatic heterocycles. The number of nitrogens with one attached hydrogen (secondary N) is 1. The lowest BCUT2D eigenvalue weighted by Crippen LogP contribution is -2.42. The number of aromatic amines is 1. The highest BCUT2D eigenvalue weighted by atomic mass is 16.5. The van der Waals surface area contributed by atoms with Crippen LogP contribution in [0.3, 0.4) is 0 Å². The molecular weight excluding hydrogens is 332 g/mol. The first-order valence-electron chi connectivity index (χ1n) is 9.06. The van der Waals surface area contributed by atoms with Gasteiger partial charge in [-0.1, -0.05) is 12.1 Å². The Balaban J connectivity index is 1.44. The van der Waals surface area contributed by atoms with Crippen molar-refractivity contribution >= 4 is 5.91 Å². The first-order chi connectivity index (χ1) is 12.7. The Bertz CT molecular complexity index is 761. The lowest BCUT2D eigenvalue weighted by atomic mass is 9.78. The molecule has 1 aliphatic carbocycles. The van der Waals surface area contributed by atoms with E-state index in [9.17, 15) is 9.90 Å². The SMILES string of the molecule is COc1ccccc1O[C@@H]1C[C@@H]2CN(C(=O)c3ccc[nH]3)C[C@@H]2C[C@H]1O. The minimum absolute atomic E-state index is 0.0288. The summed E-state index contributed by atoms with van der Waals surface area (Å²) in [6, 6.07) is 11.1. The van der Waals surface area contributed by atoms with Gasteiger partial charge in [-0.2, -0.15) is 0 Å². The first kappa shape index (κ1) is 17.0. The van der Waals surface area contributed by atoms with Gasteiger partial charge in [0.05, 0.1) is 13.2 Å². The molecule has 6 nitrogen and oxygen atoms in total. The van der Waals surface area contributed by atoms with Crippen molar-refractivity contribution in [3.05, 3.63) is 48.3 Å². The molecule has 0 bridgehead atoms. The van der Waals surface area contributed by atoms with Crippen LogP contribution in [-0.4, -0.2) is 53.3 Å². The summed E-state index contributed by atoms with van der Waals surface area (Å²) in [5.41, 5.74) is 0.617. The van der Waals surface area contributed by atoms with Crippen LogP contribution in [0.1, 0.15) is 23.3 Å². The van der Waals surface area contributed by atoms with E-state index < -0.39 is 6.10 Å². The zero-order valence-corrected chi connectivity index (χ0v) is 14.8. The Morgan fingerprint density at radius 1 is 1.12 bits per heavy atom. The fourth-order valence-electron chi connectivity index (χ4n) is 4.20.